The van der Waals surface area contributed by atoms with Gasteiger partial charge < -0.3 is 24.8 Å². The van der Waals surface area contributed by atoms with Gasteiger partial charge in [0.2, 0.25) is 0 Å². The van der Waals surface area contributed by atoms with Crippen molar-refractivity contribution in [3.8, 4) is 0 Å². The number of aromatic nitrogens is 1. The summed E-state index contributed by atoms with van der Waals surface area (Å²) in [5.74, 6) is 0. The fraction of sp³-hybridized carbons (Fsp3) is 0.316. The van der Waals surface area contributed by atoms with Crippen molar-refractivity contribution in [1.29, 1.82) is 0 Å². The Morgan fingerprint density at radius 1 is 1.04 bits per heavy atom. The van der Waals surface area contributed by atoms with E-state index in [0.29, 0.717) is 0 Å². The number of nitrogens with zero attached hydrogens (tertiary/aromatic N) is 1. The molecule has 2 aromatic rings. The first-order chi connectivity index (χ1) is 9.82. The normalized spacial score (nSPS) is 20.3. The van der Waals surface area contributed by atoms with Gasteiger partial charge in [-0.15, -0.1) is 0 Å². The largest absolute Gasteiger partial charge is 1.00 e. The second-order valence-corrected chi connectivity index (χ2v) is 7.80. The van der Waals surface area contributed by atoms with Crippen molar-refractivity contribution in [1.82, 2.24) is 4.98 Å². The van der Waals surface area contributed by atoms with Gasteiger partial charge >= 0.3 is 135 Å². The average Bonchev–Trinajstić information content (AvgIpc) is 2.75. The number of benzene rings is 1. The van der Waals surface area contributed by atoms with Crippen LogP contribution in [0.15, 0.2) is 59.8 Å². The topological polar surface area (TPSA) is 12.9 Å². The van der Waals surface area contributed by atoms with Gasteiger partial charge in [-0.2, -0.15) is 0 Å². The quantitative estimate of drug-likeness (QED) is 0.609. The van der Waals surface area contributed by atoms with Crippen LogP contribution in [0.4, 0.5) is 0 Å². The second kappa shape index (κ2) is 7.00. The van der Waals surface area contributed by atoms with Crippen LogP contribution < -0.4 is 24.8 Å². The van der Waals surface area contributed by atoms with Crippen LogP contribution in [0.5, 0.6) is 0 Å². The van der Waals surface area contributed by atoms with Crippen LogP contribution in [0.25, 0.3) is 10.9 Å². The molecule has 121 valence electrons. The van der Waals surface area contributed by atoms with Gasteiger partial charge in [-0.25, -0.2) is 0 Å². The Balaban J connectivity index is 0.00000132. The molecule has 1 aromatic heterocycles. The van der Waals surface area contributed by atoms with Crippen molar-refractivity contribution in [3.05, 3.63) is 65.4 Å². The molecule has 1 unspecified atom stereocenters. The third-order valence-electron chi connectivity index (χ3n) is 4.22. The van der Waals surface area contributed by atoms with Gasteiger partial charge in [-0.1, -0.05) is 0 Å². The number of hydrogen-bond acceptors (Lipinski definition) is 1. The standard InChI is InChI=1S/C19H20N.2ClH.Cr/c1-13-11-15(19(2,3)4)12-17(13)16-9-5-7-14-8-6-10-20-18(14)16;;;/h5-12H,1-4H3;2*1H;/q;;;+2/p-2. The number of halogens is 2. The molecule has 1 atom stereocenters. The van der Waals surface area contributed by atoms with Crippen molar-refractivity contribution in [3.63, 3.8) is 0 Å². The second-order valence-electron chi connectivity index (χ2n) is 6.79. The third-order valence-corrected chi connectivity index (χ3v) is 5.25. The summed E-state index contributed by atoms with van der Waals surface area (Å²) in [5, 5.41) is 1.19. The van der Waals surface area contributed by atoms with Crippen molar-refractivity contribution < 1.29 is 41.1 Å². The average molecular weight is 385 g/mol. The summed E-state index contributed by atoms with van der Waals surface area (Å²) in [5.41, 5.74) is 5.20. The molecule has 1 aliphatic rings. The Labute approximate surface area is 159 Å². The summed E-state index contributed by atoms with van der Waals surface area (Å²) in [6, 6.07) is 10.5. The molecule has 0 fully saturated rings. The van der Waals surface area contributed by atoms with Crippen LogP contribution in [0.1, 0.15) is 33.3 Å². The minimum atomic E-state index is -0.184. The number of rotatable bonds is 1. The van der Waals surface area contributed by atoms with Gasteiger partial charge in [0.15, 0.2) is 0 Å². The Kier molecular flexibility index (Phi) is 6.16. The Morgan fingerprint density at radius 3 is 2.30 bits per heavy atom. The van der Waals surface area contributed by atoms with Gasteiger partial charge in [0.1, 0.15) is 0 Å². The molecule has 0 N–H and O–H groups in total. The monoisotopic (exact) mass is 384 g/mol. The molecule has 0 saturated carbocycles. The number of hydrogen-bond donors (Lipinski definition) is 0. The molecule has 1 aromatic carbocycles. The van der Waals surface area contributed by atoms with Crippen LogP contribution >= 0.6 is 0 Å². The van der Waals surface area contributed by atoms with Gasteiger partial charge in [-0.3, -0.25) is 0 Å². The predicted molar refractivity (Wildman–Crippen MR) is 84.7 cm³/mol. The molecular weight excluding hydrogens is 365 g/mol. The van der Waals surface area contributed by atoms with Crippen LogP contribution in [-0.4, -0.2) is 4.98 Å². The number of pyridine rings is 1. The zero-order valence-corrected chi connectivity index (χ0v) is 16.5. The molecule has 0 bridgehead atoms. The maximum atomic E-state index is 4.62. The molecule has 0 spiro atoms. The van der Waals surface area contributed by atoms with Crippen molar-refractivity contribution in [2.24, 2.45) is 5.41 Å². The molecule has 3 rings (SSSR count). The Morgan fingerprint density at radius 2 is 1.70 bits per heavy atom. The first-order valence-corrected chi connectivity index (χ1v) is 7.93. The number of fused-ring (bicyclic) bond motifs is 1. The number of allylic oxidation sites excluding steroid dienone is 4. The molecule has 23 heavy (non-hydrogen) atoms. The Hall–Kier alpha value is -0.778. The van der Waals surface area contributed by atoms with Crippen molar-refractivity contribution in [2.75, 3.05) is 0 Å². The van der Waals surface area contributed by atoms with E-state index in [2.05, 4.69) is 85.4 Å². The zero-order valence-electron chi connectivity index (χ0n) is 13.7. The van der Waals surface area contributed by atoms with Gasteiger partial charge in [-0.05, 0) is 0 Å². The molecule has 0 amide bonds. The minimum Gasteiger partial charge on any atom is -1.00 e. The summed E-state index contributed by atoms with van der Waals surface area (Å²) in [6.07, 6.45) is 6.56. The summed E-state index contributed by atoms with van der Waals surface area (Å²) in [6.45, 7) is 8.98. The van der Waals surface area contributed by atoms with Crippen LogP contribution in [0, 0.1) is 5.41 Å². The molecular formula is C19H20Cl2CrN. The van der Waals surface area contributed by atoms with Gasteiger partial charge in [0, 0.05) is 0 Å². The number of para-hydroxylation sites is 1. The molecule has 0 saturated heterocycles. The minimum absolute atomic E-state index is 0. The summed E-state index contributed by atoms with van der Waals surface area (Å²) < 4.78 is -0.184. The van der Waals surface area contributed by atoms with Gasteiger partial charge in [0.25, 0.3) is 0 Å². The smallest absolute Gasteiger partial charge is 1.00 e. The van der Waals surface area contributed by atoms with E-state index in [-0.39, 0.29) is 34.5 Å². The van der Waals surface area contributed by atoms with E-state index >= 15 is 0 Å². The third kappa shape index (κ3) is 3.52. The van der Waals surface area contributed by atoms with Crippen molar-refractivity contribution in [2.45, 2.75) is 32.0 Å². The fourth-order valence-electron chi connectivity index (χ4n) is 2.84. The van der Waals surface area contributed by atoms with Crippen LogP contribution in [0.2, 0.25) is 0 Å². The van der Waals surface area contributed by atoms with E-state index in [0.717, 1.165) is 5.52 Å². The van der Waals surface area contributed by atoms with E-state index in [4.69, 9.17) is 0 Å². The van der Waals surface area contributed by atoms with E-state index < -0.39 is 0 Å². The Bertz CT molecular complexity index is 769. The molecule has 1 aliphatic carbocycles. The SMILES string of the molecule is CC1=CC(C(C)(C)C)=C[C]1([Cr+2])c1cccc2cccnc12.[Cl-].[Cl-]. The zero-order chi connectivity index (χ0) is 15.3. The van der Waals surface area contributed by atoms with Gasteiger partial charge in [0.05, 0.1) is 0 Å². The summed E-state index contributed by atoms with van der Waals surface area (Å²) in [4.78, 5) is 4.62. The van der Waals surface area contributed by atoms with Crippen molar-refractivity contribution >= 4 is 10.9 Å². The predicted octanol–water partition coefficient (Wildman–Crippen LogP) is -1.08. The van der Waals surface area contributed by atoms with E-state index in [1.165, 1.54) is 22.1 Å². The molecule has 0 aliphatic heterocycles. The van der Waals surface area contributed by atoms with E-state index in [9.17, 15) is 0 Å². The first kappa shape index (κ1) is 20.3. The van der Waals surface area contributed by atoms with E-state index in [1.807, 2.05) is 12.3 Å². The molecule has 0 radical (unpaired) electrons. The summed E-state index contributed by atoms with van der Waals surface area (Å²) in [7, 11) is 0. The molecule has 1 nitrogen and oxygen atoms in total. The molecule has 4 heteroatoms. The van der Waals surface area contributed by atoms with E-state index in [1.54, 1.807) is 0 Å². The first-order valence-electron chi connectivity index (χ1n) is 7.29. The maximum Gasteiger partial charge on any atom is -1.00 e. The fourth-order valence-corrected chi connectivity index (χ4v) is 3.39. The maximum absolute atomic E-state index is 4.62. The summed E-state index contributed by atoms with van der Waals surface area (Å²) >= 11 is 3.43. The van der Waals surface area contributed by atoms with Crippen LogP contribution in [-0.2, 0) is 20.6 Å². The van der Waals surface area contributed by atoms with Crippen LogP contribution in [0.3, 0.4) is 0 Å². The molecule has 1 heterocycles.